The first-order valence-electron chi connectivity index (χ1n) is 27.2. The number of fused-ring (bicyclic) bond motifs is 15. The molecule has 0 saturated heterocycles. The van der Waals surface area contributed by atoms with Crippen molar-refractivity contribution in [3.05, 3.63) is 261 Å². The number of hydrogen-bond donors (Lipinski definition) is 0. The molecule has 0 saturated carbocycles. The van der Waals surface area contributed by atoms with E-state index in [0.29, 0.717) is 0 Å². The van der Waals surface area contributed by atoms with Crippen LogP contribution in [0.15, 0.2) is 261 Å². The smallest absolute Gasteiger partial charge is 0.277 e. The molecule has 0 radical (unpaired) electrons. The van der Waals surface area contributed by atoms with E-state index in [4.69, 9.17) is 9.47 Å². The van der Waals surface area contributed by atoms with E-state index < -0.39 is 0 Å². The molecule has 3 aromatic heterocycles. The monoisotopic (exact) mass is 1010 g/mol. The van der Waals surface area contributed by atoms with Crippen molar-refractivity contribution in [2.24, 2.45) is 0 Å². The lowest BCUT2D eigenvalue weighted by atomic mass is 9.35. The fourth-order valence-electron chi connectivity index (χ4n) is 14.1. The van der Waals surface area contributed by atoms with Crippen LogP contribution in [0.25, 0.3) is 60.7 Å². The quantitative estimate of drug-likeness (QED) is 0.149. The predicted molar refractivity (Wildman–Crippen MR) is 326 cm³/mol. The van der Waals surface area contributed by atoms with Gasteiger partial charge < -0.3 is 33.0 Å². The zero-order valence-electron chi connectivity index (χ0n) is 42.5. The Balaban J connectivity index is 0.973. The molecular formula is C70H43B2N5O2. The number of anilines is 6. The standard InChI is InChI=1S/C70H43B2N5O2/c1-6-22-44(23-7-1)73(45-24-8-2-9-25-45)49-40-59-63-61(42-49)78-67-68-70(75(48-30-14-5-15-31-48)69(67)71(63)55-36-20-34-53-51-32-16-18-38-57(51)76(59)65(53)55)72-56-37-21-35-54-52-33-17-19-39-58(52)77(66(54)56)60-41-50(43-62(79-68)64(60)72)74(46-26-10-3-11-27-46)47-28-12-4-13-29-47/h1-43H. The van der Waals surface area contributed by atoms with Gasteiger partial charge in [0.25, 0.3) is 13.4 Å². The van der Waals surface area contributed by atoms with E-state index in [1.54, 1.807) is 0 Å². The molecule has 0 unspecified atom stereocenters. The SMILES string of the molecule is c1ccc(N(c2ccccc2)c2cc3c4c(c2)-n2c5ccccc5c5cccc(c52)B4c2c(c4c(n2-c2ccccc2)B2c5c(cc(N(c6ccccc6)c6ccccc6)cc5-n5c6ccccc6c6cccc2c65)O4)O3)cc1. The molecule has 18 rings (SSSR count). The van der Waals surface area contributed by atoms with Crippen LogP contribution in [0.2, 0.25) is 0 Å². The zero-order chi connectivity index (χ0) is 51.4. The van der Waals surface area contributed by atoms with E-state index in [0.717, 1.165) is 107 Å². The maximum absolute atomic E-state index is 7.85. The third-order valence-electron chi connectivity index (χ3n) is 17.1. The highest BCUT2D eigenvalue weighted by Gasteiger charge is 2.51. The van der Waals surface area contributed by atoms with Gasteiger partial charge in [0.05, 0.1) is 22.4 Å². The van der Waals surface area contributed by atoms with Crippen molar-refractivity contribution in [2.75, 3.05) is 9.80 Å². The van der Waals surface area contributed by atoms with Crippen LogP contribution in [0.1, 0.15) is 0 Å². The molecule has 7 nitrogen and oxygen atoms in total. The second-order valence-electron chi connectivity index (χ2n) is 21.1. The number of rotatable bonds is 7. The molecule has 0 aliphatic carbocycles. The van der Waals surface area contributed by atoms with Crippen molar-refractivity contribution in [2.45, 2.75) is 0 Å². The summed E-state index contributed by atoms with van der Waals surface area (Å²) >= 11 is 0. The number of para-hydroxylation sites is 9. The van der Waals surface area contributed by atoms with Crippen molar-refractivity contribution < 1.29 is 9.47 Å². The molecule has 0 fully saturated rings. The van der Waals surface area contributed by atoms with Crippen molar-refractivity contribution in [1.29, 1.82) is 0 Å². The number of ether oxygens (including phenoxy) is 2. The van der Waals surface area contributed by atoms with Gasteiger partial charge in [0, 0.05) is 95.7 Å². The molecule has 366 valence electrons. The van der Waals surface area contributed by atoms with Crippen molar-refractivity contribution in [3.63, 3.8) is 0 Å². The van der Waals surface area contributed by atoms with Crippen LogP contribution in [-0.2, 0) is 0 Å². The van der Waals surface area contributed by atoms with Crippen LogP contribution < -0.4 is 52.3 Å². The van der Waals surface area contributed by atoms with Gasteiger partial charge in [-0.3, -0.25) is 0 Å². The van der Waals surface area contributed by atoms with Crippen LogP contribution in [0.5, 0.6) is 23.0 Å². The van der Waals surface area contributed by atoms with E-state index >= 15 is 0 Å². The summed E-state index contributed by atoms with van der Waals surface area (Å²) in [6, 6.07) is 94.4. The Morgan fingerprint density at radius 2 is 0.658 bits per heavy atom. The van der Waals surface area contributed by atoms with E-state index in [9.17, 15) is 0 Å². The summed E-state index contributed by atoms with van der Waals surface area (Å²) in [4.78, 5) is 4.70. The average Bonchev–Trinajstić information content (AvgIpc) is 3.21. The van der Waals surface area contributed by atoms with Gasteiger partial charge in [-0.1, -0.05) is 164 Å². The summed E-state index contributed by atoms with van der Waals surface area (Å²) in [5.41, 5.74) is 20.9. The Bertz CT molecular complexity index is 4500. The lowest BCUT2D eigenvalue weighted by Crippen LogP contribution is -2.63. The Morgan fingerprint density at radius 3 is 1.06 bits per heavy atom. The van der Waals surface area contributed by atoms with Gasteiger partial charge in [-0.2, -0.15) is 0 Å². The van der Waals surface area contributed by atoms with Gasteiger partial charge >= 0.3 is 0 Å². The van der Waals surface area contributed by atoms with Crippen molar-refractivity contribution in [1.82, 2.24) is 13.7 Å². The summed E-state index contributed by atoms with van der Waals surface area (Å²) < 4.78 is 23.2. The molecule has 4 aliphatic heterocycles. The molecule has 7 heterocycles. The molecule has 9 heteroatoms. The van der Waals surface area contributed by atoms with Gasteiger partial charge in [0.1, 0.15) is 11.5 Å². The van der Waals surface area contributed by atoms with Gasteiger partial charge in [0.2, 0.25) is 0 Å². The Kier molecular flexibility index (Phi) is 8.72. The number of benzene rings is 11. The van der Waals surface area contributed by atoms with Gasteiger partial charge in [-0.05, 0) is 107 Å². The van der Waals surface area contributed by atoms with E-state index in [1.165, 1.54) is 43.5 Å². The Hall–Kier alpha value is -10.4. The maximum atomic E-state index is 7.85. The molecule has 79 heavy (non-hydrogen) atoms. The molecule has 11 aromatic carbocycles. The van der Waals surface area contributed by atoms with Crippen molar-refractivity contribution in [3.8, 4) is 40.1 Å². The van der Waals surface area contributed by atoms with Crippen LogP contribution in [0.3, 0.4) is 0 Å². The molecule has 14 aromatic rings. The lowest BCUT2D eigenvalue weighted by Gasteiger charge is -2.35. The fraction of sp³-hybridized carbons (Fsp3) is 0. The largest absolute Gasteiger partial charge is 0.453 e. The van der Waals surface area contributed by atoms with Crippen LogP contribution in [0.4, 0.5) is 34.1 Å². The van der Waals surface area contributed by atoms with E-state index in [2.05, 4.69) is 284 Å². The van der Waals surface area contributed by atoms with E-state index in [1.807, 2.05) is 0 Å². The molecule has 0 spiro atoms. The molecule has 0 atom stereocenters. The molecule has 0 N–H and O–H groups in total. The number of aromatic nitrogens is 3. The summed E-state index contributed by atoms with van der Waals surface area (Å²) in [5, 5.41) is 4.87. The summed E-state index contributed by atoms with van der Waals surface area (Å²) in [7, 11) is 0. The highest BCUT2D eigenvalue weighted by molar-refractivity contribution is 7.02. The van der Waals surface area contributed by atoms with Gasteiger partial charge in [0.15, 0.2) is 11.5 Å². The Labute approximate surface area is 455 Å². The van der Waals surface area contributed by atoms with Gasteiger partial charge in [-0.25, -0.2) is 0 Å². The summed E-state index contributed by atoms with van der Waals surface area (Å²) in [5.74, 6) is 3.05. The Morgan fingerprint density at radius 1 is 0.304 bits per heavy atom. The maximum Gasteiger partial charge on any atom is 0.277 e. The van der Waals surface area contributed by atoms with Crippen LogP contribution in [0, 0.1) is 0 Å². The molecule has 4 aliphatic rings. The predicted octanol–water partition coefficient (Wildman–Crippen LogP) is 13.5. The van der Waals surface area contributed by atoms with E-state index in [-0.39, 0.29) is 13.4 Å². The number of nitrogens with zero attached hydrogens (tertiary/aromatic N) is 5. The fourth-order valence-corrected chi connectivity index (χ4v) is 14.1. The molecular weight excluding hydrogens is 964 g/mol. The minimum atomic E-state index is -0.254. The topological polar surface area (TPSA) is 39.7 Å². The third-order valence-corrected chi connectivity index (χ3v) is 17.1. The summed E-state index contributed by atoms with van der Waals surface area (Å²) in [6.07, 6.45) is 0. The highest BCUT2D eigenvalue weighted by Crippen LogP contribution is 2.49. The summed E-state index contributed by atoms with van der Waals surface area (Å²) in [6.45, 7) is -0.509. The molecule has 0 bridgehead atoms. The van der Waals surface area contributed by atoms with Crippen LogP contribution >= 0.6 is 0 Å². The van der Waals surface area contributed by atoms with Crippen molar-refractivity contribution >= 4 is 124 Å². The first-order valence-corrected chi connectivity index (χ1v) is 27.2. The number of hydrogen-bond acceptors (Lipinski definition) is 4. The zero-order valence-corrected chi connectivity index (χ0v) is 42.5. The first-order chi connectivity index (χ1) is 39.2. The minimum Gasteiger partial charge on any atom is -0.453 e. The highest BCUT2D eigenvalue weighted by atomic mass is 16.5. The third kappa shape index (κ3) is 5.82. The second-order valence-corrected chi connectivity index (χ2v) is 21.1. The molecule has 0 amide bonds. The second kappa shape index (κ2) is 16.1. The van der Waals surface area contributed by atoms with Gasteiger partial charge in [-0.15, -0.1) is 0 Å². The average molecular weight is 1010 g/mol. The normalized spacial score (nSPS) is 13.0. The first kappa shape index (κ1) is 42.8. The minimum absolute atomic E-state index is 0.254. The lowest BCUT2D eigenvalue weighted by molar-refractivity contribution is 0.427. The van der Waals surface area contributed by atoms with Crippen LogP contribution in [-0.4, -0.2) is 27.1 Å².